The van der Waals surface area contributed by atoms with Crippen molar-refractivity contribution in [1.29, 1.82) is 0 Å². The molecule has 0 saturated carbocycles. The average molecular weight is 415 g/mol. The summed E-state index contributed by atoms with van der Waals surface area (Å²) in [6.45, 7) is 4.58. The maximum absolute atomic E-state index is 12.6. The van der Waals surface area contributed by atoms with E-state index in [1.165, 1.54) is 0 Å². The third-order valence-electron chi connectivity index (χ3n) is 4.09. The van der Waals surface area contributed by atoms with E-state index in [9.17, 15) is 18.0 Å². The van der Waals surface area contributed by atoms with E-state index in [2.05, 4.69) is 25.9 Å². The molecule has 0 saturated heterocycles. The van der Waals surface area contributed by atoms with Crippen LogP contribution in [0.15, 0.2) is 54.6 Å². The molecule has 0 fully saturated rings. The summed E-state index contributed by atoms with van der Waals surface area (Å²) in [6, 6.07) is 12.7. The molecule has 1 amide bonds. The molecule has 0 aliphatic heterocycles. The Morgan fingerprint density at radius 2 is 1.60 bits per heavy atom. The molecule has 0 bridgehead atoms. The van der Waals surface area contributed by atoms with Crippen molar-refractivity contribution >= 4 is 29.0 Å². The van der Waals surface area contributed by atoms with Gasteiger partial charge in [-0.25, -0.2) is 4.98 Å². The van der Waals surface area contributed by atoms with Gasteiger partial charge >= 0.3 is 6.18 Å². The number of carbonyl (C=O) groups excluding carboxylic acids is 1. The number of amides is 1. The Hall–Kier alpha value is -3.62. The third-order valence-corrected chi connectivity index (χ3v) is 4.09. The molecular weight excluding hydrogens is 395 g/mol. The fraction of sp³-hybridized carbons (Fsp3) is 0.190. The molecule has 0 aliphatic carbocycles. The number of nitrogens with one attached hydrogen (secondary N) is 3. The standard InChI is InChI=1S/C21H20F3N5O/c1-3-25-18-12-13(2)26-20(29-18)28-17-10-8-16(9-11-17)27-19(30)14-4-6-15(7-5-14)21(22,23)24/h4-12H,3H2,1-2H3,(H,27,30)(H2,25,26,28,29). The minimum atomic E-state index is -4.44. The first-order valence-electron chi connectivity index (χ1n) is 9.20. The topological polar surface area (TPSA) is 78.9 Å². The van der Waals surface area contributed by atoms with E-state index in [0.717, 1.165) is 42.2 Å². The second-order valence-corrected chi connectivity index (χ2v) is 6.48. The zero-order valence-corrected chi connectivity index (χ0v) is 16.3. The van der Waals surface area contributed by atoms with E-state index in [1.54, 1.807) is 24.3 Å². The third kappa shape index (κ3) is 5.47. The molecule has 3 aromatic rings. The molecule has 1 aromatic heterocycles. The van der Waals surface area contributed by atoms with Gasteiger partial charge in [-0.2, -0.15) is 18.2 Å². The van der Waals surface area contributed by atoms with Gasteiger partial charge in [0, 0.05) is 35.2 Å². The van der Waals surface area contributed by atoms with Crippen LogP contribution in [0.1, 0.15) is 28.5 Å². The minimum Gasteiger partial charge on any atom is -0.370 e. The lowest BCUT2D eigenvalue weighted by atomic mass is 10.1. The Bertz CT molecular complexity index is 1020. The normalized spacial score (nSPS) is 11.1. The molecule has 6 nitrogen and oxygen atoms in total. The SMILES string of the molecule is CCNc1cc(C)nc(Nc2ccc(NC(=O)c3ccc(C(F)(F)F)cc3)cc2)n1. The van der Waals surface area contributed by atoms with Crippen LogP contribution in [-0.2, 0) is 6.18 Å². The van der Waals surface area contributed by atoms with E-state index in [1.807, 2.05) is 19.9 Å². The smallest absolute Gasteiger partial charge is 0.370 e. The van der Waals surface area contributed by atoms with Crippen molar-refractivity contribution in [3.8, 4) is 0 Å². The Labute approximate surface area is 171 Å². The van der Waals surface area contributed by atoms with Crippen molar-refractivity contribution in [3.05, 3.63) is 71.4 Å². The zero-order valence-electron chi connectivity index (χ0n) is 16.3. The van der Waals surface area contributed by atoms with Gasteiger partial charge in [-0.1, -0.05) is 0 Å². The average Bonchev–Trinajstić information content (AvgIpc) is 2.69. The summed E-state index contributed by atoms with van der Waals surface area (Å²) < 4.78 is 37.9. The molecule has 3 N–H and O–H groups in total. The van der Waals surface area contributed by atoms with Crippen molar-refractivity contribution in [2.75, 3.05) is 22.5 Å². The molecule has 0 spiro atoms. The van der Waals surface area contributed by atoms with Crippen LogP contribution in [0.5, 0.6) is 0 Å². The lowest BCUT2D eigenvalue weighted by Crippen LogP contribution is -2.12. The quantitative estimate of drug-likeness (QED) is 0.514. The molecule has 0 aliphatic rings. The van der Waals surface area contributed by atoms with Crippen LogP contribution in [0.25, 0.3) is 0 Å². The first kappa shape index (κ1) is 21.1. The van der Waals surface area contributed by atoms with Crippen LogP contribution in [0.2, 0.25) is 0 Å². The summed E-state index contributed by atoms with van der Waals surface area (Å²) >= 11 is 0. The van der Waals surface area contributed by atoms with E-state index in [4.69, 9.17) is 0 Å². The number of aryl methyl sites for hydroxylation is 1. The Balaban J connectivity index is 1.65. The summed E-state index contributed by atoms with van der Waals surface area (Å²) in [5, 5.41) is 8.88. The maximum Gasteiger partial charge on any atom is 0.416 e. The Morgan fingerprint density at radius 3 is 2.20 bits per heavy atom. The molecule has 3 rings (SSSR count). The highest BCUT2D eigenvalue weighted by Gasteiger charge is 2.30. The molecule has 0 atom stereocenters. The number of rotatable bonds is 6. The van der Waals surface area contributed by atoms with Crippen molar-refractivity contribution < 1.29 is 18.0 Å². The van der Waals surface area contributed by atoms with Crippen LogP contribution >= 0.6 is 0 Å². The van der Waals surface area contributed by atoms with E-state index in [-0.39, 0.29) is 5.56 Å². The van der Waals surface area contributed by atoms with E-state index in [0.29, 0.717) is 17.5 Å². The number of carbonyl (C=O) groups is 1. The summed E-state index contributed by atoms with van der Waals surface area (Å²) in [6.07, 6.45) is -4.44. The van der Waals surface area contributed by atoms with Gasteiger partial charge in [-0.15, -0.1) is 0 Å². The second kappa shape index (κ2) is 8.81. The van der Waals surface area contributed by atoms with Gasteiger partial charge in [0.05, 0.1) is 5.56 Å². The molecule has 1 heterocycles. The predicted octanol–water partition coefficient (Wildman–Crippen LogP) is 5.23. The molecule has 30 heavy (non-hydrogen) atoms. The number of aromatic nitrogens is 2. The number of hydrogen-bond donors (Lipinski definition) is 3. The highest BCUT2D eigenvalue weighted by Crippen LogP contribution is 2.29. The van der Waals surface area contributed by atoms with Gasteiger partial charge in [0.2, 0.25) is 5.95 Å². The number of anilines is 4. The molecule has 2 aromatic carbocycles. The summed E-state index contributed by atoms with van der Waals surface area (Å²) in [4.78, 5) is 21.0. The highest BCUT2D eigenvalue weighted by atomic mass is 19.4. The Kier molecular flexibility index (Phi) is 6.20. The number of benzene rings is 2. The summed E-state index contributed by atoms with van der Waals surface area (Å²) in [5.74, 6) is 0.655. The van der Waals surface area contributed by atoms with Crippen molar-refractivity contribution in [3.63, 3.8) is 0 Å². The second-order valence-electron chi connectivity index (χ2n) is 6.48. The highest BCUT2D eigenvalue weighted by molar-refractivity contribution is 6.04. The molecular formula is C21H20F3N5O. The number of alkyl halides is 3. The monoisotopic (exact) mass is 415 g/mol. The van der Waals surface area contributed by atoms with Gasteiger partial charge in [0.15, 0.2) is 0 Å². The van der Waals surface area contributed by atoms with Crippen molar-refractivity contribution in [2.45, 2.75) is 20.0 Å². The number of halogens is 3. The van der Waals surface area contributed by atoms with Crippen LogP contribution < -0.4 is 16.0 Å². The number of nitrogens with zero attached hydrogens (tertiary/aromatic N) is 2. The van der Waals surface area contributed by atoms with Gasteiger partial charge in [-0.3, -0.25) is 4.79 Å². The predicted molar refractivity (Wildman–Crippen MR) is 110 cm³/mol. The first-order chi connectivity index (χ1) is 14.2. The van der Waals surface area contributed by atoms with Crippen molar-refractivity contribution in [1.82, 2.24) is 9.97 Å². The van der Waals surface area contributed by atoms with Crippen LogP contribution in [-0.4, -0.2) is 22.4 Å². The maximum atomic E-state index is 12.6. The van der Waals surface area contributed by atoms with Crippen LogP contribution in [0.3, 0.4) is 0 Å². The van der Waals surface area contributed by atoms with Gasteiger partial charge < -0.3 is 16.0 Å². The Morgan fingerprint density at radius 1 is 0.967 bits per heavy atom. The first-order valence-corrected chi connectivity index (χ1v) is 9.20. The summed E-state index contributed by atoms with van der Waals surface area (Å²) in [5.41, 5.74) is 1.36. The van der Waals surface area contributed by atoms with Crippen molar-refractivity contribution in [2.24, 2.45) is 0 Å². The molecule has 0 unspecified atom stereocenters. The summed E-state index contributed by atoms with van der Waals surface area (Å²) in [7, 11) is 0. The lowest BCUT2D eigenvalue weighted by molar-refractivity contribution is -0.137. The van der Waals surface area contributed by atoms with Crippen LogP contribution in [0, 0.1) is 6.92 Å². The zero-order chi connectivity index (χ0) is 21.7. The minimum absolute atomic E-state index is 0.134. The molecule has 9 heteroatoms. The van der Waals surface area contributed by atoms with E-state index >= 15 is 0 Å². The van der Waals surface area contributed by atoms with Crippen LogP contribution in [0.4, 0.5) is 36.3 Å². The molecule has 0 radical (unpaired) electrons. The fourth-order valence-electron chi connectivity index (χ4n) is 2.68. The number of hydrogen-bond acceptors (Lipinski definition) is 5. The lowest BCUT2D eigenvalue weighted by Gasteiger charge is -2.10. The van der Waals surface area contributed by atoms with Gasteiger partial charge in [0.1, 0.15) is 5.82 Å². The van der Waals surface area contributed by atoms with Gasteiger partial charge in [-0.05, 0) is 62.4 Å². The largest absolute Gasteiger partial charge is 0.416 e. The van der Waals surface area contributed by atoms with Gasteiger partial charge in [0.25, 0.3) is 5.91 Å². The van der Waals surface area contributed by atoms with E-state index < -0.39 is 17.6 Å². The fourth-order valence-corrected chi connectivity index (χ4v) is 2.68. The molecule has 156 valence electrons.